The molecule has 1 unspecified atom stereocenters. The lowest BCUT2D eigenvalue weighted by molar-refractivity contribution is -0.129. The van der Waals surface area contributed by atoms with E-state index in [-0.39, 0.29) is 11.2 Å². The van der Waals surface area contributed by atoms with Gasteiger partial charge in [0.15, 0.2) is 0 Å². The molecule has 2 rings (SSSR count). The molecule has 23 heavy (non-hydrogen) atoms. The normalized spacial score (nSPS) is 11.8. The van der Waals surface area contributed by atoms with Crippen molar-refractivity contribution in [2.45, 2.75) is 23.6 Å². The van der Waals surface area contributed by atoms with Gasteiger partial charge in [-0.05, 0) is 42.8 Å². The van der Waals surface area contributed by atoms with Crippen LogP contribution in [0.5, 0.6) is 5.75 Å². The number of ether oxygens (including phenoxy) is 1. The second-order valence-electron chi connectivity index (χ2n) is 5.22. The summed E-state index contributed by atoms with van der Waals surface area (Å²) >= 11 is 5.08. The number of rotatable bonds is 6. The molecule has 0 bridgehead atoms. The van der Waals surface area contributed by atoms with Crippen LogP contribution in [0.1, 0.15) is 12.5 Å². The van der Waals surface area contributed by atoms with E-state index < -0.39 is 0 Å². The number of carbonyl (C=O) groups is 1. The molecule has 2 aromatic rings. The van der Waals surface area contributed by atoms with E-state index in [1.54, 1.807) is 23.8 Å². The Morgan fingerprint density at radius 1 is 1.22 bits per heavy atom. The third-order valence-corrected chi connectivity index (χ3v) is 5.33. The Labute approximate surface area is 150 Å². The molecule has 3 nitrogen and oxygen atoms in total. The highest BCUT2D eigenvalue weighted by Gasteiger charge is 2.19. The minimum atomic E-state index is -0.143. The van der Waals surface area contributed by atoms with Crippen molar-refractivity contribution >= 4 is 33.6 Å². The van der Waals surface area contributed by atoms with E-state index >= 15 is 0 Å². The first-order valence-corrected chi connectivity index (χ1v) is 8.97. The van der Waals surface area contributed by atoms with Crippen LogP contribution >= 0.6 is 27.7 Å². The number of halogens is 1. The Morgan fingerprint density at radius 3 is 2.48 bits per heavy atom. The Balaban J connectivity index is 1.96. The highest BCUT2D eigenvalue weighted by atomic mass is 79.9. The molecule has 0 spiro atoms. The summed E-state index contributed by atoms with van der Waals surface area (Å²) in [6.07, 6.45) is 0. The molecule has 0 saturated carbocycles. The maximum absolute atomic E-state index is 12.6. The van der Waals surface area contributed by atoms with Gasteiger partial charge in [0.05, 0.1) is 12.4 Å². The first-order chi connectivity index (χ1) is 11.0. The molecule has 2 aromatic carbocycles. The van der Waals surface area contributed by atoms with E-state index in [1.165, 1.54) is 0 Å². The Bertz CT molecular complexity index is 660. The van der Waals surface area contributed by atoms with Crippen LogP contribution in [0, 0.1) is 0 Å². The number of hydrogen-bond donors (Lipinski definition) is 0. The van der Waals surface area contributed by atoms with Crippen LogP contribution in [-0.4, -0.2) is 30.2 Å². The monoisotopic (exact) mass is 393 g/mol. The van der Waals surface area contributed by atoms with E-state index in [4.69, 9.17) is 4.74 Å². The van der Waals surface area contributed by atoms with Crippen LogP contribution in [0.3, 0.4) is 0 Å². The van der Waals surface area contributed by atoms with Crippen molar-refractivity contribution in [1.29, 1.82) is 0 Å². The molecule has 0 aliphatic carbocycles. The van der Waals surface area contributed by atoms with Crippen molar-refractivity contribution in [2.75, 3.05) is 14.2 Å². The molecule has 0 aliphatic rings. The first-order valence-electron chi connectivity index (χ1n) is 7.30. The molecule has 0 radical (unpaired) electrons. The Kier molecular flexibility index (Phi) is 6.54. The zero-order chi connectivity index (χ0) is 16.8. The molecule has 0 N–H and O–H groups in total. The van der Waals surface area contributed by atoms with E-state index in [0.717, 1.165) is 20.7 Å². The summed E-state index contributed by atoms with van der Waals surface area (Å²) in [6.45, 7) is 2.53. The number of benzene rings is 2. The average molecular weight is 394 g/mol. The van der Waals surface area contributed by atoms with E-state index in [9.17, 15) is 4.79 Å². The summed E-state index contributed by atoms with van der Waals surface area (Å²) in [5, 5.41) is -0.143. The van der Waals surface area contributed by atoms with Gasteiger partial charge >= 0.3 is 0 Å². The molecule has 122 valence electrons. The number of thioether (sulfide) groups is 1. The predicted octanol–water partition coefficient (Wildman–Crippen LogP) is 4.60. The standard InChI is InChI=1S/C18H20BrNO2S/c1-13(23-16-10-8-15(22-3)9-11-16)18(21)20(2)12-14-6-4-5-7-17(14)19/h4-11,13H,12H2,1-3H3. The summed E-state index contributed by atoms with van der Waals surface area (Å²) in [5.41, 5.74) is 1.10. The van der Waals surface area contributed by atoms with Crippen LogP contribution in [0.25, 0.3) is 0 Å². The van der Waals surface area contributed by atoms with Crippen LogP contribution < -0.4 is 4.74 Å². The van der Waals surface area contributed by atoms with Crippen LogP contribution in [0.15, 0.2) is 57.9 Å². The summed E-state index contributed by atoms with van der Waals surface area (Å²) in [6, 6.07) is 15.7. The number of amides is 1. The van der Waals surface area contributed by atoms with Gasteiger partial charge in [0.1, 0.15) is 5.75 Å². The van der Waals surface area contributed by atoms with Crippen molar-refractivity contribution in [3.8, 4) is 5.75 Å². The molecule has 0 heterocycles. The maximum atomic E-state index is 12.6. The van der Waals surface area contributed by atoms with Crippen molar-refractivity contribution < 1.29 is 9.53 Å². The van der Waals surface area contributed by atoms with Gasteiger partial charge in [0.2, 0.25) is 5.91 Å². The molecule has 5 heteroatoms. The molecule has 0 saturated heterocycles. The minimum absolute atomic E-state index is 0.113. The van der Waals surface area contributed by atoms with Crippen molar-refractivity contribution in [3.05, 3.63) is 58.6 Å². The minimum Gasteiger partial charge on any atom is -0.497 e. The van der Waals surface area contributed by atoms with Gasteiger partial charge in [0.25, 0.3) is 0 Å². The molecule has 1 amide bonds. The topological polar surface area (TPSA) is 29.5 Å². The van der Waals surface area contributed by atoms with E-state index in [1.807, 2.05) is 62.5 Å². The molecular weight excluding hydrogens is 374 g/mol. The zero-order valence-corrected chi connectivity index (χ0v) is 15.9. The highest BCUT2D eigenvalue weighted by molar-refractivity contribution is 9.10. The van der Waals surface area contributed by atoms with Crippen LogP contribution in [0.4, 0.5) is 0 Å². The van der Waals surface area contributed by atoms with E-state index in [2.05, 4.69) is 15.9 Å². The summed E-state index contributed by atoms with van der Waals surface area (Å²) in [4.78, 5) is 15.4. The highest BCUT2D eigenvalue weighted by Crippen LogP contribution is 2.27. The Morgan fingerprint density at radius 2 is 1.87 bits per heavy atom. The lowest BCUT2D eigenvalue weighted by Crippen LogP contribution is -2.32. The molecule has 1 atom stereocenters. The molecule has 0 fully saturated rings. The Hall–Kier alpha value is -1.46. The number of carbonyl (C=O) groups excluding carboxylic acids is 1. The fourth-order valence-corrected chi connectivity index (χ4v) is 3.57. The second kappa shape index (κ2) is 8.41. The lowest BCUT2D eigenvalue weighted by atomic mass is 10.2. The smallest absolute Gasteiger partial charge is 0.235 e. The van der Waals surface area contributed by atoms with Crippen LogP contribution in [-0.2, 0) is 11.3 Å². The van der Waals surface area contributed by atoms with Gasteiger partial charge in [-0.25, -0.2) is 0 Å². The summed E-state index contributed by atoms with van der Waals surface area (Å²) in [7, 11) is 3.48. The predicted molar refractivity (Wildman–Crippen MR) is 98.9 cm³/mol. The molecule has 0 aromatic heterocycles. The number of methoxy groups -OCH3 is 1. The van der Waals surface area contributed by atoms with Crippen molar-refractivity contribution in [1.82, 2.24) is 4.90 Å². The zero-order valence-electron chi connectivity index (χ0n) is 13.5. The summed E-state index contributed by atoms with van der Waals surface area (Å²) in [5.74, 6) is 0.931. The van der Waals surface area contributed by atoms with Gasteiger partial charge in [-0.2, -0.15) is 0 Å². The number of hydrogen-bond acceptors (Lipinski definition) is 3. The third kappa shape index (κ3) is 5.01. The summed E-state index contributed by atoms with van der Waals surface area (Å²) < 4.78 is 6.17. The van der Waals surface area contributed by atoms with Gasteiger partial charge in [-0.1, -0.05) is 34.1 Å². The molecule has 0 aliphatic heterocycles. The molecular formula is C18H20BrNO2S. The van der Waals surface area contributed by atoms with Crippen LogP contribution in [0.2, 0.25) is 0 Å². The fourth-order valence-electron chi connectivity index (χ4n) is 2.18. The SMILES string of the molecule is COc1ccc(SC(C)C(=O)N(C)Cc2ccccc2Br)cc1. The van der Waals surface area contributed by atoms with Crippen molar-refractivity contribution in [3.63, 3.8) is 0 Å². The maximum Gasteiger partial charge on any atom is 0.235 e. The van der Waals surface area contributed by atoms with Crippen molar-refractivity contribution in [2.24, 2.45) is 0 Å². The third-order valence-electron chi connectivity index (χ3n) is 3.46. The van der Waals surface area contributed by atoms with Gasteiger partial charge in [0, 0.05) is 23.0 Å². The van der Waals surface area contributed by atoms with Gasteiger partial charge in [-0.15, -0.1) is 11.8 Å². The second-order valence-corrected chi connectivity index (χ2v) is 7.49. The van der Waals surface area contributed by atoms with E-state index in [0.29, 0.717) is 6.54 Å². The number of nitrogens with zero attached hydrogens (tertiary/aromatic N) is 1. The quantitative estimate of drug-likeness (QED) is 0.671. The fraction of sp³-hybridized carbons (Fsp3) is 0.278. The largest absolute Gasteiger partial charge is 0.497 e. The first kappa shape index (κ1) is 17.9. The van der Waals surface area contributed by atoms with Gasteiger partial charge in [-0.3, -0.25) is 4.79 Å². The van der Waals surface area contributed by atoms with Gasteiger partial charge < -0.3 is 9.64 Å². The average Bonchev–Trinajstić information content (AvgIpc) is 2.56. The lowest BCUT2D eigenvalue weighted by Gasteiger charge is -2.22.